The first-order chi connectivity index (χ1) is 42.4. The number of benzene rings is 9. The van der Waals surface area contributed by atoms with Crippen LogP contribution in [0, 0.1) is 6.92 Å². The van der Waals surface area contributed by atoms with E-state index in [1.807, 2.05) is 0 Å². The van der Waals surface area contributed by atoms with Gasteiger partial charge in [-0.15, -0.1) is 0 Å². The highest BCUT2D eigenvalue weighted by molar-refractivity contribution is 7.00. The van der Waals surface area contributed by atoms with E-state index >= 15 is 0 Å². The Labute approximate surface area is 529 Å². The molecule has 0 amide bonds. The number of hydrogen-bond donors (Lipinski definition) is 0. The summed E-state index contributed by atoms with van der Waals surface area (Å²) >= 11 is 0. The van der Waals surface area contributed by atoms with E-state index in [4.69, 9.17) is 4.42 Å². The van der Waals surface area contributed by atoms with E-state index in [1.54, 1.807) is 0 Å². The third-order valence-corrected chi connectivity index (χ3v) is 23.5. The number of rotatable bonds is 5. The average Bonchev–Trinajstić information content (AvgIpc) is 0.851. The second-order valence-electron chi connectivity index (χ2n) is 31.7. The smallest absolute Gasteiger partial charge is 0.252 e. The Kier molecular flexibility index (Phi) is 12.0. The molecule has 2 aliphatic carbocycles. The van der Waals surface area contributed by atoms with Crippen LogP contribution in [0.4, 0.5) is 56.9 Å². The van der Waals surface area contributed by atoms with E-state index in [2.05, 4.69) is 292 Å². The molecule has 4 unspecified atom stereocenters. The highest BCUT2D eigenvalue weighted by Gasteiger charge is 2.60. The van der Waals surface area contributed by atoms with Crippen LogP contribution >= 0.6 is 0 Å². The van der Waals surface area contributed by atoms with Crippen molar-refractivity contribution in [3.05, 3.63) is 209 Å². The molecular formula is C83H87BN4O. The Morgan fingerprint density at radius 2 is 0.876 bits per heavy atom. The second-order valence-corrected chi connectivity index (χ2v) is 31.7. The Morgan fingerprint density at radius 1 is 0.404 bits per heavy atom. The van der Waals surface area contributed by atoms with E-state index in [1.165, 1.54) is 151 Å². The van der Waals surface area contributed by atoms with E-state index in [9.17, 15) is 0 Å². The van der Waals surface area contributed by atoms with Crippen LogP contribution in [0.5, 0.6) is 0 Å². The minimum absolute atomic E-state index is 0.0250. The molecule has 5 heterocycles. The first-order valence-electron chi connectivity index (χ1n) is 33.4. The van der Waals surface area contributed by atoms with Gasteiger partial charge in [0.15, 0.2) is 0 Å². The number of aryl methyl sites for hydroxylation is 1. The molecule has 0 N–H and O–H groups in total. The maximum absolute atomic E-state index is 6.83. The predicted octanol–water partition coefficient (Wildman–Crippen LogP) is 21.0. The Balaban J connectivity index is 0.993. The number of furan rings is 1. The van der Waals surface area contributed by atoms with Crippen molar-refractivity contribution in [2.75, 3.05) is 19.6 Å². The summed E-state index contributed by atoms with van der Waals surface area (Å²) < 4.78 is 6.83. The van der Waals surface area contributed by atoms with Gasteiger partial charge in [0.25, 0.3) is 6.71 Å². The van der Waals surface area contributed by atoms with E-state index < -0.39 is 0 Å². The summed E-state index contributed by atoms with van der Waals surface area (Å²) in [5.74, 6) is 0. The van der Waals surface area contributed by atoms with Crippen LogP contribution in [-0.2, 0) is 27.1 Å². The van der Waals surface area contributed by atoms with Crippen LogP contribution in [-0.4, -0.2) is 17.8 Å². The second kappa shape index (κ2) is 19.0. The van der Waals surface area contributed by atoms with E-state index in [0.29, 0.717) is 0 Å². The molecule has 0 spiro atoms. The van der Waals surface area contributed by atoms with Gasteiger partial charge in [0, 0.05) is 67.3 Å². The normalized spacial score (nSPS) is 22.7. The summed E-state index contributed by atoms with van der Waals surface area (Å²) in [5, 5.41) is 2.26. The van der Waals surface area contributed by atoms with Crippen molar-refractivity contribution in [3.63, 3.8) is 0 Å². The van der Waals surface area contributed by atoms with Gasteiger partial charge in [-0.2, -0.15) is 0 Å². The predicted molar refractivity (Wildman–Crippen MR) is 380 cm³/mol. The van der Waals surface area contributed by atoms with Crippen LogP contribution in [0.25, 0.3) is 33.1 Å². The largest absolute Gasteiger partial charge is 0.456 e. The molecule has 5 nitrogen and oxygen atoms in total. The minimum Gasteiger partial charge on any atom is -0.456 e. The summed E-state index contributed by atoms with van der Waals surface area (Å²) in [5.41, 5.74) is 28.6. The van der Waals surface area contributed by atoms with Crippen molar-refractivity contribution in [1.29, 1.82) is 0 Å². The van der Waals surface area contributed by atoms with Crippen LogP contribution in [0.1, 0.15) is 175 Å². The first kappa shape index (κ1) is 56.3. The lowest BCUT2D eigenvalue weighted by Gasteiger charge is -2.51. The molecule has 0 bridgehead atoms. The Morgan fingerprint density at radius 3 is 1.42 bits per heavy atom. The number of nitrogens with zero attached hydrogens (tertiary/aromatic N) is 4. The lowest BCUT2D eigenvalue weighted by molar-refractivity contribution is 0.195. The molecule has 9 aromatic carbocycles. The van der Waals surface area contributed by atoms with Gasteiger partial charge in [-0.05, 0) is 197 Å². The van der Waals surface area contributed by atoms with E-state index in [-0.39, 0.29) is 44.9 Å². The zero-order chi connectivity index (χ0) is 61.7. The summed E-state index contributed by atoms with van der Waals surface area (Å²) in [7, 11) is 0. The molecule has 448 valence electrons. The van der Waals surface area contributed by atoms with Crippen LogP contribution in [0.15, 0.2) is 180 Å². The van der Waals surface area contributed by atoms with E-state index in [0.717, 1.165) is 40.5 Å². The average molecular weight is 1170 g/mol. The maximum Gasteiger partial charge on any atom is 0.252 e. The van der Waals surface area contributed by atoms with Gasteiger partial charge < -0.3 is 24.0 Å². The molecule has 6 heteroatoms. The van der Waals surface area contributed by atoms with Crippen molar-refractivity contribution in [2.45, 2.75) is 186 Å². The quantitative estimate of drug-likeness (QED) is 0.160. The molecule has 4 atom stereocenters. The maximum atomic E-state index is 6.83. The molecule has 2 fully saturated rings. The summed E-state index contributed by atoms with van der Waals surface area (Å²) in [6, 6.07) is 69.2. The number of hydrogen-bond acceptors (Lipinski definition) is 5. The number of fused-ring (bicyclic) bond motifs is 13. The topological polar surface area (TPSA) is 26.1 Å². The fourth-order valence-electron chi connectivity index (χ4n) is 18.1. The molecule has 2 saturated carbocycles. The first-order valence-corrected chi connectivity index (χ1v) is 33.4. The van der Waals surface area contributed by atoms with Gasteiger partial charge in [-0.25, -0.2) is 0 Å². The molecule has 1 aromatic heterocycles. The molecule has 0 radical (unpaired) electrons. The van der Waals surface area contributed by atoms with Crippen molar-refractivity contribution in [1.82, 2.24) is 0 Å². The Bertz CT molecular complexity index is 4590. The lowest BCUT2D eigenvalue weighted by atomic mass is 9.33. The molecule has 16 rings (SSSR count). The molecule has 4 aliphatic heterocycles. The van der Waals surface area contributed by atoms with Gasteiger partial charge in [-0.3, -0.25) is 0 Å². The van der Waals surface area contributed by atoms with Gasteiger partial charge in [0.2, 0.25) is 0 Å². The summed E-state index contributed by atoms with van der Waals surface area (Å²) in [4.78, 5) is 11.0. The fourth-order valence-corrected chi connectivity index (χ4v) is 18.1. The third kappa shape index (κ3) is 7.92. The molecular weight excluding hydrogens is 1080 g/mol. The van der Waals surface area contributed by atoms with Crippen LogP contribution in [0.3, 0.4) is 0 Å². The van der Waals surface area contributed by atoms with Crippen LogP contribution in [0.2, 0.25) is 0 Å². The lowest BCUT2D eigenvalue weighted by Crippen LogP contribution is -2.61. The highest BCUT2D eigenvalue weighted by atomic mass is 16.3. The molecule has 6 aliphatic rings. The third-order valence-electron chi connectivity index (χ3n) is 23.5. The van der Waals surface area contributed by atoms with Crippen molar-refractivity contribution >= 4 is 102 Å². The molecule has 0 saturated heterocycles. The zero-order valence-corrected chi connectivity index (χ0v) is 55.2. The number of para-hydroxylation sites is 1. The van der Waals surface area contributed by atoms with Gasteiger partial charge in [0.1, 0.15) is 11.2 Å². The minimum atomic E-state index is -0.138. The fraction of sp³-hybridized carbons (Fsp3) is 0.349. The summed E-state index contributed by atoms with van der Waals surface area (Å²) in [6.07, 6.45) is 9.52. The van der Waals surface area contributed by atoms with Crippen LogP contribution < -0.4 is 36.0 Å². The Hall–Kier alpha value is -7.96. The monoisotopic (exact) mass is 1170 g/mol. The zero-order valence-electron chi connectivity index (χ0n) is 55.2. The van der Waals surface area contributed by atoms with Crippen molar-refractivity contribution < 1.29 is 4.42 Å². The highest BCUT2D eigenvalue weighted by Crippen LogP contribution is 2.64. The van der Waals surface area contributed by atoms with Gasteiger partial charge >= 0.3 is 0 Å². The van der Waals surface area contributed by atoms with Crippen molar-refractivity contribution in [2.24, 2.45) is 0 Å². The van der Waals surface area contributed by atoms with Gasteiger partial charge in [-0.1, -0.05) is 199 Å². The molecule has 89 heavy (non-hydrogen) atoms. The molecule has 10 aromatic rings. The summed E-state index contributed by atoms with van der Waals surface area (Å²) in [6.45, 7) is 33.8. The number of anilines is 10. The SMILES string of the molecule is Cc1cc2c3c(c1)N(c1cccc4oc5ccccc5c14)c1cc(N4c5ccc(C(C)(C)C)cc5C5(C)CCCCC45C)ccc1B3c1ccc(N3c4ccc(C(C)(C)C)cc4C4(C)CCCCC34C)cc1N2c1ccc(C(C)(C)C)cc1-c1ccccc1. The van der Waals surface area contributed by atoms with Gasteiger partial charge in [0.05, 0.1) is 27.8 Å². The van der Waals surface area contributed by atoms with Crippen molar-refractivity contribution in [3.8, 4) is 11.1 Å². The standard InChI is InChI=1S/C83H87BN4O/c1-52-45-71-76-72(46-52)86(68-28-24-30-74-75(68)59-27-18-19-29-73(59)89-74)70-51-58(88-67-40-33-56(79(8,9)10)49-62(67)81(12)42-21-23-44-83(81,88)14)35-37-64(70)84(76)63-36-34-57(87-66-39-32-55(78(5,6)7)48-61(66)80(11)41-20-22-43-82(80,87)13)50-69(63)85(71)65-38-31-54(77(2,3)4)47-60(65)53-25-16-15-17-26-53/h15-19,24-40,45-51H,20-23,41-44H2,1-14H3.